The number of benzene rings is 1. The molecule has 1 rings (SSSR count). The number of carboxylic acids is 1. The number of hydrogen-bond acceptors (Lipinski definition) is 2. The van der Waals surface area contributed by atoms with Gasteiger partial charge in [0.15, 0.2) is 0 Å². The fourth-order valence-electron chi connectivity index (χ4n) is 1.37. The van der Waals surface area contributed by atoms with Crippen molar-refractivity contribution in [2.45, 2.75) is 24.9 Å². The summed E-state index contributed by atoms with van der Waals surface area (Å²) in [5.41, 5.74) is 0.755. The molecule has 0 bridgehead atoms. The van der Waals surface area contributed by atoms with Crippen LogP contribution < -0.4 is 0 Å². The van der Waals surface area contributed by atoms with Gasteiger partial charge in [0, 0.05) is 10.8 Å². The highest BCUT2D eigenvalue weighted by Crippen LogP contribution is 2.27. The second kappa shape index (κ2) is 6.26. The molecule has 0 amide bonds. The Hall–Kier alpha value is -0.740. The average molecular weight is 277 g/mol. The van der Waals surface area contributed by atoms with Crippen molar-refractivity contribution in [3.8, 4) is 0 Å². The van der Waals surface area contributed by atoms with Gasteiger partial charge >= 0.3 is 5.97 Å². The van der Waals surface area contributed by atoms with Gasteiger partial charge in [0.1, 0.15) is 11.1 Å². The summed E-state index contributed by atoms with van der Waals surface area (Å²) >= 11 is 7.18. The Morgan fingerprint density at radius 2 is 2.18 bits per heavy atom. The molecule has 2 nitrogen and oxygen atoms in total. The first kappa shape index (κ1) is 14.3. The van der Waals surface area contributed by atoms with Crippen LogP contribution in [0.5, 0.6) is 0 Å². The smallest absolute Gasteiger partial charge is 0.316 e. The lowest BCUT2D eigenvalue weighted by molar-refractivity contribution is -0.137. The van der Waals surface area contributed by atoms with Gasteiger partial charge in [-0.2, -0.15) is 0 Å². The van der Waals surface area contributed by atoms with Crippen molar-refractivity contribution >= 4 is 29.3 Å². The van der Waals surface area contributed by atoms with E-state index in [2.05, 4.69) is 0 Å². The van der Waals surface area contributed by atoms with Gasteiger partial charge in [0.25, 0.3) is 0 Å². The van der Waals surface area contributed by atoms with Gasteiger partial charge in [-0.15, -0.1) is 11.8 Å². The van der Waals surface area contributed by atoms with Gasteiger partial charge < -0.3 is 5.11 Å². The van der Waals surface area contributed by atoms with Crippen LogP contribution >= 0.6 is 23.4 Å². The van der Waals surface area contributed by atoms with Crippen molar-refractivity contribution in [2.75, 3.05) is 0 Å². The predicted octanol–water partition coefficient (Wildman–Crippen LogP) is 3.82. The second-order valence-electron chi connectivity index (χ2n) is 4.05. The Morgan fingerprint density at radius 3 is 2.65 bits per heavy atom. The molecule has 0 aliphatic carbocycles. The number of aliphatic carboxylic acids is 1. The fraction of sp³-hybridized carbons (Fsp3) is 0.417. The Morgan fingerprint density at radius 1 is 1.53 bits per heavy atom. The molecule has 0 saturated heterocycles. The lowest BCUT2D eigenvalue weighted by Gasteiger charge is -2.15. The minimum atomic E-state index is -0.830. The molecule has 1 unspecified atom stereocenters. The zero-order valence-corrected chi connectivity index (χ0v) is 11.2. The molecule has 0 spiro atoms. The average Bonchev–Trinajstić information content (AvgIpc) is 2.20. The van der Waals surface area contributed by atoms with Crippen molar-refractivity contribution in [1.82, 2.24) is 0 Å². The zero-order chi connectivity index (χ0) is 13.0. The molecule has 0 aliphatic heterocycles. The first-order valence-corrected chi connectivity index (χ1v) is 6.63. The van der Waals surface area contributed by atoms with Crippen LogP contribution in [0.1, 0.15) is 19.4 Å². The third-order valence-electron chi connectivity index (χ3n) is 2.28. The molecule has 94 valence electrons. The third-order valence-corrected chi connectivity index (χ3v) is 4.22. The maximum atomic E-state index is 12.8. The third kappa shape index (κ3) is 4.21. The molecule has 1 N–H and O–H groups in total. The molecule has 0 aliphatic rings. The van der Waals surface area contributed by atoms with Crippen molar-refractivity contribution in [3.05, 3.63) is 34.6 Å². The summed E-state index contributed by atoms with van der Waals surface area (Å²) in [6, 6.07) is 4.15. The van der Waals surface area contributed by atoms with Crippen LogP contribution in [0.4, 0.5) is 4.39 Å². The van der Waals surface area contributed by atoms with Crippen LogP contribution in [0.2, 0.25) is 5.02 Å². The molecule has 1 atom stereocenters. The zero-order valence-electron chi connectivity index (χ0n) is 9.61. The second-order valence-corrected chi connectivity index (χ2v) is 5.59. The molecule has 1 aromatic carbocycles. The summed E-state index contributed by atoms with van der Waals surface area (Å²) in [6.07, 6.45) is 0. The Labute approximate surface area is 109 Å². The van der Waals surface area contributed by atoms with Crippen LogP contribution in [-0.4, -0.2) is 16.3 Å². The lowest BCUT2D eigenvalue weighted by atomic mass is 10.1. The monoisotopic (exact) mass is 276 g/mol. The highest BCUT2D eigenvalue weighted by Gasteiger charge is 2.22. The molecule has 17 heavy (non-hydrogen) atoms. The fourth-order valence-corrected chi connectivity index (χ4v) is 2.82. The number of hydrogen-bond donors (Lipinski definition) is 1. The highest BCUT2D eigenvalue weighted by atomic mass is 35.5. The van der Waals surface area contributed by atoms with Crippen molar-refractivity contribution in [1.29, 1.82) is 0 Å². The maximum Gasteiger partial charge on any atom is 0.316 e. The minimum absolute atomic E-state index is 0.0386. The molecular weight excluding hydrogens is 263 g/mol. The van der Waals surface area contributed by atoms with Crippen LogP contribution in [0.3, 0.4) is 0 Å². The van der Waals surface area contributed by atoms with Gasteiger partial charge in [-0.3, -0.25) is 4.79 Å². The van der Waals surface area contributed by atoms with E-state index < -0.39 is 11.2 Å². The van der Waals surface area contributed by atoms with E-state index in [4.69, 9.17) is 16.7 Å². The van der Waals surface area contributed by atoms with E-state index in [1.807, 2.05) is 13.8 Å². The topological polar surface area (TPSA) is 37.3 Å². The van der Waals surface area contributed by atoms with E-state index in [0.29, 0.717) is 10.8 Å². The van der Waals surface area contributed by atoms with Gasteiger partial charge in [0.05, 0.1) is 0 Å². The minimum Gasteiger partial charge on any atom is -0.480 e. The number of carbonyl (C=O) groups is 1. The molecule has 0 heterocycles. The Bertz CT molecular complexity index is 409. The molecule has 0 aromatic heterocycles. The summed E-state index contributed by atoms with van der Waals surface area (Å²) < 4.78 is 12.8. The van der Waals surface area contributed by atoms with E-state index in [1.165, 1.54) is 23.9 Å². The molecular formula is C12H14ClFO2S. The molecule has 5 heteroatoms. The lowest BCUT2D eigenvalue weighted by Crippen LogP contribution is -2.22. The van der Waals surface area contributed by atoms with Crippen molar-refractivity contribution in [2.24, 2.45) is 5.92 Å². The summed E-state index contributed by atoms with van der Waals surface area (Å²) in [6.45, 7) is 3.72. The number of halogens is 2. The van der Waals surface area contributed by atoms with Gasteiger partial charge in [-0.25, -0.2) is 4.39 Å². The van der Waals surface area contributed by atoms with Gasteiger partial charge in [-0.05, 0) is 23.6 Å². The molecule has 1 aromatic rings. The van der Waals surface area contributed by atoms with E-state index in [0.717, 1.165) is 5.56 Å². The summed E-state index contributed by atoms with van der Waals surface area (Å²) in [4.78, 5) is 11.0. The van der Waals surface area contributed by atoms with Crippen LogP contribution in [-0.2, 0) is 10.5 Å². The van der Waals surface area contributed by atoms with E-state index in [-0.39, 0.29) is 11.7 Å². The van der Waals surface area contributed by atoms with Gasteiger partial charge in [0.2, 0.25) is 0 Å². The van der Waals surface area contributed by atoms with Crippen LogP contribution in [0, 0.1) is 11.7 Å². The quantitative estimate of drug-likeness (QED) is 0.888. The first-order valence-electron chi connectivity index (χ1n) is 5.20. The highest BCUT2D eigenvalue weighted by molar-refractivity contribution is 7.99. The SMILES string of the molecule is CC(C)C(SCc1ccc(F)cc1Cl)C(=O)O. The van der Waals surface area contributed by atoms with Crippen molar-refractivity contribution < 1.29 is 14.3 Å². The van der Waals surface area contributed by atoms with Crippen molar-refractivity contribution in [3.63, 3.8) is 0 Å². The van der Waals surface area contributed by atoms with Crippen LogP contribution in [0.25, 0.3) is 0 Å². The predicted molar refractivity (Wildman–Crippen MR) is 69.0 cm³/mol. The standard InChI is InChI=1S/C12H14ClFO2S/c1-7(2)11(12(15)16)17-6-8-3-4-9(14)5-10(8)13/h3-5,7,11H,6H2,1-2H3,(H,15,16). The molecule has 0 saturated carbocycles. The normalized spacial score (nSPS) is 12.8. The maximum absolute atomic E-state index is 12.8. The molecule has 0 radical (unpaired) electrons. The number of carboxylic acid groups (broad SMARTS) is 1. The Kier molecular flexibility index (Phi) is 5.28. The summed E-state index contributed by atoms with van der Waals surface area (Å²) in [5.74, 6) is -0.712. The Balaban J connectivity index is 2.69. The summed E-state index contributed by atoms with van der Waals surface area (Å²) in [5, 5.41) is 8.88. The largest absolute Gasteiger partial charge is 0.480 e. The molecule has 0 fully saturated rings. The van der Waals surface area contributed by atoms with E-state index >= 15 is 0 Å². The van der Waals surface area contributed by atoms with Crippen LogP contribution in [0.15, 0.2) is 18.2 Å². The van der Waals surface area contributed by atoms with E-state index in [9.17, 15) is 9.18 Å². The number of thioether (sulfide) groups is 1. The van der Waals surface area contributed by atoms with E-state index in [1.54, 1.807) is 6.07 Å². The van der Waals surface area contributed by atoms with Gasteiger partial charge in [-0.1, -0.05) is 31.5 Å². The number of rotatable bonds is 5. The summed E-state index contributed by atoms with van der Waals surface area (Å²) in [7, 11) is 0. The first-order chi connectivity index (χ1) is 7.91.